The van der Waals surface area contributed by atoms with Gasteiger partial charge < -0.3 is 10.2 Å². The minimum atomic E-state index is -0.863. The van der Waals surface area contributed by atoms with Gasteiger partial charge in [-0.2, -0.15) is 0 Å². The van der Waals surface area contributed by atoms with Crippen molar-refractivity contribution in [1.82, 2.24) is 0 Å². The van der Waals surface area contributed by atoms with E-state index in [2.05, 4.69) is 19.1 Å². The Morgan fingerprint density at radius 1 is 0.700 bits per heavy atom. The molecule has 0 radical (unpaired) electrons. The molecule has 5 heteroatoms. The second kappa shape index (κ2) is 15.2. The van der Waals surface area contributed by atoms with Gasteiger partial charge in [0.2, 0.25) is 0 Å². The summed E-state index contributed by atoms with van der Waals surface area (Å²) in [6.07, 6.45) is 0.870. The number of hydrogen-bond donors (Lipinski definition) is 2. The van der Waals surface area contributed by atoms with Crippen molar-refractivity contribution in [3.05, 3.63) is 107 Å². The van der Waals surface area contributed by atoms with Gasteiger partial charge in [-0.1, -0.05) is 78.4 Å². The molecule has 0 unspecified atom stereocenters. The molecule has 0 aliphatic heterocycles. The van der Waals surface area contributed by atoms with E-state index in [1.165, 1.54) is 5.56 Å². The lowest BCUT2D eigenvalue weighted by atomic mass is 10.1. The number of rotatable bonds is 2. The first-order chi connectivity index (χ1) is 14.2. The van der Waals surface area contributed by atoms with Crippen molar-refractivity contribution >= 4 is 18.2 Å². The fourth-order valence-electron chi connectivity index (χ4n) is 2.07. The number of aldehydes is 1. The molecule has 0 heterocycles. The summed E-state index contributed by atoms with van der Waals surface area (Å²) in [5.74, 6) is -1.70. The van der Waals surface area contributed by atoms with E-state index >= 15 is 0 Å². The van der Waals surface area contributed by atoms with Crippen LogP contribution < -0.4 is 0 Å². The highest BCUT2D eigenvalue weighted by Gasteiger charge is 2.02. The summed E-state index contributed by atoms with van der Waals surface area (Å²) >= 11 is 0. The number of carboxylic acids is 2. The highest BCUT2D eigenvalue weighted by molar-refractivity contribution is 5.89. The van der Waals surface area contributed by atoms with Crippen LogP contribution in [0.2, 0.25) is 0 Å². The minimum absolute atomic E-state index is 0.377. The lowest BCUT2D eigenvalue weighted by Crippen LogP contribution is -1.97. The number of benzene rings is 3. The first kappa shape index (κ1) is 26.3. The van der Waals surface area contributed by atoms with Crippen LogP contribution in [-0.4, -0.2) is 28.4 Å². The van der Waals surface area contributed by atoms with Crippen molar-refractivity contribution in [1.29, 1.82) is 0 Å². The van der Waals surface area contributed by atoms with Crippen molar-refractivity contribution in [3.8, 4) is 0 Å². The number of aromatic carboxylic acids is 1. The highest BCUT2D eigenvalue weighted by atomic mass is 16.4. The smallest absolute Gasteiger partial charge is 0.335 e. The number of carboxylic acid groups (broad SMARTS) is 2. The van der Waals surface area contributed by atoms with Crippen LogP contribution >= 0.6 is 0 Å². The molecule has 2 N–H and O–H groups in total. The summed E-state index contributed by atoms with van der Waals surface area (Å²) in [6, 6.07) is 24.7. The minimum Gasteiger partial charge on any atom is -0.481 e. The lowest BCUT2D eigenvalue weighted by Gasteiger charge is -1.96. The average Bonchev–Trinajstić information content (AvgIpc) is 2.70. The largest absolute Gasteiger partial charge is 0.481 e. The van der Waals surface area contributed by atoms with E-state index in [-0.39, 0.29) is 0 Å². The SMILES string of the molecule is CC(=O)O.Cc1ccccc1.Cc1ccccc1C(=O)O.Cc1ccccc1C=O. The molecule has 0 spiro atoms. The molecule has 3 aromatic rings. The molecule has 0 aliphatic carbocycles. The molecule has 0 aromatic heterocycles. The van der Waals surface area contributed by atoms with Gasteiger partial charge in [0, 0.05) is 12.5 Å². The van der Waals surface area contributed by atoms with Crippen LogP contribution in [0.15, 0.2) is 78.9 Å². The van der Waals surface area contributed by atoms with E-state index < -0.39 is 11.9 Å². The number of aliphatic carboxylic acids is 1. The van der Waals surface area contributed by atoms with Crippen molar-refractivity contribution in [2.45, 2.75) is 27.7 Å². The Bertz CT molecular complexity index is 914. The summed E-state index contributed by atoms with van der Waals surface area (Å²) < 4.78 is 0. The average molecular weight is 408 g/mol. The quantitative estimate of drug-likeness (QED) is 0.540. The molecule has 3 rings (SSSR count). The number of hydrogen-bond acceptors (Lipinski definition) is 3. The van der Waals surface area contributed by atoms with Crippen LogP contribution in [0.3, 0.4) is 0 Å². The van der Waals surface area contributed by atoms with Gasteiger partial charge in [0.15, 0.2) is 0 Å². The van der Waals surface area contributed by atoms with E-state index in [1.807, 2.05) is 55.5 Å². The molecule has 5 nitrogen and oxygen atoms in total. The van der Waals surface area contributed by atoms with Crippen LogP contribution in [-0.2, 0) is 4.79 Å². The lowest BCUT2D eigenvalue weighted by molar-refractivity contribution is -0.134. The first-order valence-electron chi connectivity index (χ1n) is 9.20. The molecular weight excluding hydrogens is 380 g/mol. The maximum atomic E-state index is 10.4. The van der Waals surface area contributed by atoms with Crippen LogP contribution in [0.1, 0.15) is 44.3 Å². The third-order valence-electron chi connectivity index (χ3n) is 3.63. The molecule has 0 saturated carbocycles. The zero-order valence-electron chi connectivity index (χ0n) is 17.7. The summed E-state index contributed by atoms with van der Waals surface area (Å²) in [6.45, 7) is 6.87. The Hall–Kier alpha value is -3.73. The standard InChI is InChI=1S/C8H8O2.C8H8O.C7H8.C2H4O2/c1-6-4-2-3-5-7(6)8(9)10;1-7-4-2-3-5-8(7)6-9;1-7-5-3-2-4-6-7;1-2(3)4/h2-5H,1H3,(H,9,10);2-6H,1H3;2-6H,1H3;1H3,(H,3,4). The zero-order valence-corrected chi connectivity index (χ0v) is 17.7. The molecule has 0 aliphatic rings. The first-order valence-corrected chi connectivity index (χ1v) is 9.20. The van der Waals surface area contributed by atoms with Gasteiger partial charge in [-0.05, 0) is 38.0 Å². The van der Waals surface area contributed by atoms with Crippen molar-refractivity contribution in [2.24, 2.45) is 0 Å². The van der Waals surface area contributed by atoms with Crippen LogP contribution in [0.4, 0.5) is 0 Å². The zero-order chi connectivity index (χ0) is 22.9. The fourth-order valence-corrected chi connectivity index (χ4v) is 2.07. The Morgan fingerprint density at radius 2 is 1.13 bits per heavy atom. The third kappa shape index (κ3) is 12.6. The predicted molar refractivity (Wildman–Crippen MR) is 119 cm³/mol. The van der Waals surface area contributed by atoms with Crippen LogP contribution in [0, 0.1) is 20.8 Å². The fraction of sp³-hybridized carbons (Fsp3) is 0.160. The summed E-state index contributed by atoms with van der Waals surface area (Å²) in [4.78, 5) is 29.6. The normalized spacial score (nSPS) is 8.67. The van der Waals surface area contributed by atoms with Gasteiger partial charge in [-0.25, -0.2) is 4.79 Å². The Balaban J connectivity index is 0.000000391. The monoisotopic (exact) mass is 408 g/mol. The van der Waals surface area contributed by atoms with Crippen molar-refractivity contribution in [3.63, 3.8) is 0 Å². The third-order valence-corrected chi connectivity index (χ3v) is 3.63. The highest BCUT2D eigenvalue weighted by Crippen LogP contribution is 2.05. The van der Waals surface area contributed by atoms with Gasteiger partial charge in [0.05, 0.1) is 5.56 Å². The number of carbonyl (C=O) groups is 3. The van der Waals surface area contributed by atoms with E-state index in [0.29, 0.717) is 5.56 Å². The molecule has 0 amide bonds. The van der Waals surface area contributed by atoms with Crippen LogP contribution in [0.25, 0.3) is 0 Å². The van der Waals surface area contributed by atoms with Gasteiger partial charge in [0.1, 0.15) is 6.29 Å². The summed E-state index contributed by atoms with van der Waals surface area (Å²) in [5, 5.41) is 16.0. The van der Waals surface area contributed by atoms with Gasteiger partial charge in [-0.3, -0.25) is 9.59 Å². The number of carbonyl (C=O) groups excluding carboxylic acids is 1. The summed E-state index contributed by atoms with van der Waals surface area (Å²) in [5.41, 5.74) is 4.31. The molecule has 0 saturated heterocycles. The Kier molecular flexibility index (Phi) is 13.3. The second-order valence-corrected chi connectivity index (χ2v) is 6.27. The van der Waals surface area contributed by atoms with Crippen molar-refractivity contribution < 1.29 is 24.6 Å². The molecule has 0 atom stereocenters. The topological polar surface area (TPSA) is 91.7 Å². The van der Waals surface area contributed by atoms with Gasteiger partial charge in [-0.15, -0.1) is 0 Å². The molecular formula is C25H28O5. The maximum Gasteiger partial charge on any atom is 0.335 e. The second-order valence-electron chi connectivity index (χ2n) is 6.27. The van der Waals surface area contributed by atoms with E-state index in [1.54, 1.807) is 25.1 Å². The molecule has 30 heavy (non-hydrogen) atoms. The Labute approximate surface area is 177 Å². The maximum absolute atomic E-state index is 10.4. The van der Waals surface area contributed by atoms with Crippen LogP contribution in [0.5, 0.6) is 0 Å². The van der Waals surface area contributed by atoms with Gasteiger partial charge in [0.25, 0.3) is 5.97 Å². The van der Waals surface area contributed by atoms with Crippen molar-refractivity contribution in [2.75, 3.05) is 0 Å². The Morgan fingerprint density at radius 3 is 1.43 bits per heavy atom. The molecule has 0 bridgehead atoms. The van der Waals surface area contributed by atoms with E-state index in [0.717, 1.165) is 29.9 Å². The number of aryl methyl sites for hydroxylation is 3. The molecule has 158 valence electrons. The summed E-state index contributed by atoms with van der Waals surface area (Å²) in [7, 11) is 0. The van der Waals surface area contributed by atoms with E-state index in [4.69, 9.17) is 15.0 Å². The van der Waals surface area contributed by atoms with Gasteiger partial charge >= 0.3 is 5.97 Å². The predicted octanol–water partition coefficient (Wildman–Crippen LogP) is 5.59. The molecule has 3 aromatic carbocycles. The van der Waals surface area contributed by atoms with E-state index in [9.17, 15) is 9.59 Å². The molecule has 0 fully saturated rings.